The van der Waals surface area contributed by atoms with Crippen LogP contribution in [0.15, 0.2) is 52.8 Å². The molecule has 0 saturated heterocycles. The first-order valence-electron chi connectivity index (χ1n) is 7.90. The summed E-state index contributed by atoms with van der Waals surface area (Å²) in [5.41, 5.74) is -0.360. The molecule has 0 fully saturated rings. The summed E-state index contributed by atoms with van der Waals surface area (Å²) in [6.45, 7) is 1.71. The number of pyridine rings is 1. The Morgan fingerprint density at radius 2 is 1.75 bits per heavy atom. The highest BCUT2D eigenvalue weighted by atomic mass is 32.2. The van der Waals surface area contributed by atoms with Gasteiger partial charge in [-0.15, -0.1) is 13.2 Å². The van der Waals surface area contributed by atoms with Crippen LogP contribution in [0.25, 0.3) is 0 Å². The van der Waals surface area contributed by atoms with Crippen molar-refractivity contribution in [3.05, 3.63) is 48.2 Å². The summed E-state index contributed by atoms with van der Waals surface area (Å²) < 4.78 is 69.0. The van der Waals surface area contributed by atoms with Gasteiger partial charge in [-0.25, -0.2) is 13.4 Å². The van der Waals surface area contributed by atoms with E-state index in [4.69, 9.17) is 9.57 Å². The average molecular weight is 416 g/mol. The van der Waals surface area contributed by atoms with Crippen LogP contribution in [-0.2, 0) is 20.3 Å². The lowest BCUT2D eigenvalue weighted by atomic mass is 9.93. The van der Waals surface area contributed by atoms with Crippen LogP contribution >= 0.6 is 0 Å². The molecule has 28 heavy (non-hydrogen) atoms. The van der Waals surface area contributed by atoms with E-state index in [-0.39, 0.29) is 28.8 Å². The van der Waals surface area contributed by atoms with Gasteiger partial charge in [0, 0.05) is 6.26 Å². The zero-order valence-electron chi connectivity index (χ0n) is 14.7. The number of sulfone groups is 1. The topological polar surface area (TPSA) is 87.1 Å². The number of oxime groups is 1. The molecule has 1 aliphatic heterocycles. The first-order chi connectivity index (χ1) is 12.9. The van der Waals surface area contributed by atoms with E-state index in [1.165, 1.54) is 42.6 Å². The van der Waals surface area contributed by atoms with Gasteiger partial charge in [0.1, 0.15) is 11.5 Å². The maximum absolute atomic E-state index is 12.2. The van der Waals surface area contributed by atoms with Crippen LogP contribution in [0.2, 0.25) is 0 Å². The van der Waals surface area contributed by atoms with E-state index in [1.807, 2.05) is 0 Å². The second-order valence-corrected chi connectivity index (χ2v) is 8.23. The monoisotopic (exact) mass is 416 g/mol. The summed E-state index contributed by atoms with van der Waals surface area (Å²) in [6, 6.07) is 8.00. The number of rotatable bonds is 4. The van der Waals surface area contributed by atoms with Crippen molar-refractivity contribution in [1.82, 2.24) is 4.98 Å². The lowest BCUT2D eigenvalue weighted by molar-refractivity contribution is -0.274. The molecule has 0 radical (unpaired) electrons. The summed E-state index contributed by atoms with van der Waals surface area (Å²) in [6.07, 6.45) is -2.26. The largest absolute Gasteiger partial charge is 0.573 e. The Balaban J connectivity index is 1.66. The Kier molecular flexibility index (Phi) is 4.96. The molecule has 1 atom stereocenters. The van der Waals surface area contributed by atoms with Gasteiger partial charge in [-0.1, -0.05) is 17.3 Å². The van der Waals surface area contributed by atoms with Crippen LogP contribution in [-0.4, -0.2) is 31.9 Å². The molecule has 11 heteroatoms. The van der Waals surface area contributed by atoms with Crippen molar-refractivity contribution in [3.8, 4) is 11.5 Å². The van der Waals surface area contributed by atoms with Gasteiger partial charge in [0.15, 0.2) is 20.5 Å². The van der Waals surface area contributed by atoms with Gasteiger partial charge in [0.25, 0.3) is 0 Å². The fourth-order valence-electron chi connectivity index (χ4n) is 2.51. The van der Waals surface area contributed by atoms with Crippen molar-refractivity contribution in [1.29, 1.82) is 0 Å². The Hall–Kier alpha value is -2.82. The van der Waals surface area contributed by atoms with E-state index < -0.39 is 21.8 Å². The molecule has 150 valence electrons. The molecular formula is C17H15F3N2O5S. The van der Waals surface area contributed by atoms with Gasteiger partial charge >= 0.3 is 6.36 Å². The van der Waals surface area contributed by atoms with Crippen molar-refractivity contribution < 1.29 is 35.9 Å². The molecule has 2 heterocycles. The molecule has 0 saturated carbocycles. The maximum Gasteiger partial charge on any atom is 0.573 e. The van der Waals surface area contributed by atoms with Crippen molar-refractivity contribution in [2.45, 2.75) is 30.3 Å². The number of hydrogen-bond donors (Lipinski definition) is 0. The predicted molar refractivity (Wildman–Crippen MR) is 91.6 cm³/mol. The maximum atomic E-state index is 12.2. The van der Waals surface area contributed by atoms with Gasteiger partial charge < -0.3 is 14.3 Å². The van der Waals surface area contributed by atoms with Crippen LogP contribution in [0.1, 0.15) is 18.9 Å². The lowest BCUT2D eigenvalue weighted by Crippen LogP contribution is -2.23. The van der Waals surface area contributed by atoms with Crippen LogP contribution in [0.4, 0.5) is 13.2 Å². The molecule has 0 spiro atoms. The molecule has 2 aromatic rings. The van der Waals surface area contributed by atoms with Gasteiger partial charge in [-0.3, -0.25) is 0 Å². The minimum absolute atomic E-state index is 0.0875. The SMILES string of the molecule is C[C@@]1(c2ccc(OC(F)(F)F)cc2)CC(Oc2ccc(S(C)(=O)=O)nc2)=NO1. The molecule has 0 unspecified atom stereocenters. The highest BCUT2D eigenvalue weighted by Gasteiger charge is 2.38. The highest BCUT2D eigenvalue weighted by molar-refractivity contribution is 7.90. The highest BCUT2D eigenvalue weighted by Crippen LogP contribution is 2.36. The molecule has 0 amide bonds. The third-order valence-electron chi connectivity index (χ3n) is 3.86. The Morgan fingerprint density at radius 3 is 2.29 bits per heavy atom. The van der Waals surface area contributed by atoms with Crippen LogP contribution < -0.4 is 9.47 Å². The lowest BCUT2D eigenvalue weighted by Gasteiger charge is -2.21. The summed E-state index contributed by atoms with van der Waals surface area (Å²) in [5.74, 6) is 0.146. The number of nitrogens with zero attached hydrogens (tertiary/aromatic N) is 2. The van der Waals surface area contributed by atoms with Crippen molar-refractivity contribution in [2.24, 2.45) is 5.16 Å². The fourth-order valence-corrected chi connectivity index (χ4v) is 3.07. The fraction of sp³-hybridized carbons (Fsp3) is 0.294. The quantitative estimate of drug-likeness (QED) is 0.759. The second kappa shape index (κ2) is 6.97. The Morgan fingerprint density at radius 1 is 1.11 bits per heavy atom. The Bertz CT molecular complexity index is 989. The van der Waals surface area contributed by atoms with Gasteiger partial charge in [0.05, 0.1) is 12.6 Å². The standard InChI is InChI=1S/C17H15F3N2O5S/c1-16(11-3-5-12(6-4-11)26-17(18,19)20)9-14(22-27-16)25-13-7-8-15(21-10-13)28(2,23)24/h3-8,10H,9H2,1-2H3/t16-/m0/s1. The number of hydrogen-bond acceptors (Lipinski definition) is 7. The smallest absolute Gasteiger partial charge is 0.438 e. The van der Waals surface area contributed by atoms with E-state index in [9.17, 15) is 21.6 Å². The molecule has 0 aliphatic carbocycles. The van der Waals surface area contributed by atoms with E-state index in [1.54, 1.807) is 6.92 Å². The van der Waals surface area contributed by atoms with Crippen LogP contribution in [0.5, 0.6) is 11.5 Å². The number of halogens is 3. The average Bonchev–Trinajstić information content (AvgIpc) is 2.96. The predicted octanol–water partition coefficient (Wildman–Crippen LogP) is 3.41. The molecule has 0 bridgehead atoms. The summed E-state index contributed by atoms with van der Waals surface area (Å²) in [4.78, 5) is 9.22. The molecule has 1 aromatic heterocycles. The Labute approximate surface area is 158 Å². The van der Waals surface area contributed by atoms with Gasteiger partial charge in [-0.05, 0) is 36.8 Å². The van der Waals surface area contributed by atoms with Crippen molar-refractivity contribution >= 4 is 15.7 Å². The third-order valence-corrected chi connectivity index (χ3v) is 4.86. The summed E-state index contributed by atoms with van der Waals surface area (Å²) in [5, 5.41) is 3.76. The van der Waals surface area contributed by atoms with Crippen LogP contribution in [0.3, 0.4) is 0 Å². The molecule has 7 nitrogen and oxygen atoms in total. The first kappa shape index (κ1) is 19.9. The second-order valence-electron chi connectivity index (χ2n) is 6.26. The molecule has 3 rings (SSSR count). The van der Waals surface area contributed by atoms with E-state index in [2.05, 4.69) is 14.9 Å². The molecule has 1 aliphatic rings. The minimum atomic E-state index is -4.76. The summed E-state index contributed by atoms with van der Waals surface area (Å²) in [7, 11) is -3.42. The van der Waals surface area contributed by atoms with Crippen LogP contribution in [0, 0.1) is 0 Å². The van der Waals surface area contributed by atoms with Crippen molar-refractivity contribution in [2.75, 3.05) is 6.26 Å². The van der Waals surface area contributed by atoms with Gasteiger partial charge in [0.2, 0.25) is 5.90 Å². The van der Waals surface area contributed by atoms with Crippen molar-refractivity contribution in [3.63, 3.8) is 0 Å². The minimum Gasteiger partial charge on any atom is -0.438 e. The summed E-state index contributed by atoms with van der Waals surface area (Å²) >= 11 is 0. The van der Waals surface area contributed by atoms with Gasteiger partial charge in [-0.2, -0.15) is 0 Å². The normalized spacial score (nSPS) is 19.7. The molecule has 1 aromatic carbocycles. The number of aromatic nitrogens is 1. The van der Waals surface area contributed by atoms with E-state index in [0.717, 1.165) is 6.26 Å². The first-order valence-corrected chi connectivity index (χ1v) is 9.79. The number of benzene rings is 1. The van der Waals surface area contributed by atoms with E-state index >= 15 is 0 Å². The number of ether oxygens (including phenoxy) is 2. The number of alkyl halides is 3. The zero-order chi connectivity index (χ0) is 20.6. The molecule has 0 N–H and O–H groups in total. The third kappa shape index (κ3) is 4.71. The van der Waals surface area contributed by atoms with E-state index in [0.29, 0.717) is 5.56 Å². The zero-order valence-corrected chi connectivity index (χ0v) is 15.5. The molecular weight excluding hydrogens is 401 g/mol.